The van der Waals surface area contributed by atoms with E-state index < -0.39 is 116 Å². The summed E-state index contributed by atoms with van der Waals surface area (Å²) in [6.07, 6.45) is -14.4. The van der Waals surface area contributed by atoms with Gasteiger partial charge in [-0.1, -0.05) is 164 Å². The van der Waals surface area contributed by atoms with Gasteiger partial charge in [-0.25, -0.2) is 43.2 Å². The van der Waals surface area contributed by atoms with Crippen molar-refractivity contribution in [3.05, 3.63) is 323 Å². The van der Waals surface area contributed by atoms with Gasteiger partial charge in [-0.15, -0.1) is 0 Å². The van der Waals surface area contributed by atoms with E-state index >= 15 is 0 Å². The Morgan fingerprint density at radius 3 is 0.667 bits per heavy atom. The molecule has 0 amide bonds. The largest absolute Gasteiger partial charge is 0.458 e. The lowest BCUT2D eigenvalue weighted by molar-refractivity contribution is -0.143. The predicted molar refractivity (Wildman–Crippen MR) is 341 cm³/mol. The van der Waals surface area contributed by atoms with Crippen molar-refractivity contribution in [2.75, 3.05) is 13.2 Å². The molecule has 0 unspecified atom stereocenters. The van der Waals surface area contributed by atoms with Gasteiger partial charge in [0.2, 0.25) is 0 Å². The highest BCUT2D eigenvalue weighted by Crippen LogP contribution is 2.26. The van der Waals surface area contributed by atoms with E-state index in [0.29, 0.717) is 0 Å². The average Bonchev–Trinajstić information content (AvgIpc) is 1.09. The molecule has 0 spiro atoms. The third-order valence-corrected chi connectivity index (χ3v) is 13.9. The first-order valence-electron chi connectivity index (χ1n) is 29.6. The number of aliphatic hydroxyl groups is 1. The number of rotatable bonds is 28. The molecule has 0 aliphatic carbocycles. The van der Waals surface area contributed by atoms with Crippen LogP contribution in [-0.2, 0) is 52.2 Å². The van der Waals surface area contributed by atoms with E-state index in [2.05, 4.69) is 0 Å². The maximum Gasteiger partial charge on any atom is 0.338 e. The Morgan fingerprint density at radius 1 is 0.250 bits per heavy atom. The van der Waals surface area contributed by atoms with Crippen LogP contribution in [0.15, 0.2) is 273 Å². The van der Waals surface area contributed by atoms with Crippen LogP contribution in [0.3, 0.4) is 0 Å². The number of benzene rings is 9. The molecule has 9 aromatic carbocycles. The van der Waals surface area contributed by atoms with Gasteiger partial charge in [0.15, 0.2) is 61.4 Å². The highest BCUT2D eigenvalue weighted by Gasteiger charge is 2.47. The van der Waals surface area contributed by atoms with E-state index in [4.69, 9.17) is 42.6 Å². The number of carbonyl (C=O) groups excluding carboxylic acids is 11. The molecule has 96 heavy (non-hydrogen) atoms. The van der Waals surface area contributed by atoms with E-state index in [9.17, 15) is 57.8 Å². The summed E-state index contributed by atoms with van der Waals surface area (Å²) in [5.74, 6) is -8.48. The molecule has 0 heterocycles. The third-order valence-electron chi connectivity index (χ3n) is 13.9. The summed E-state index contributed by atoms with van der Waals surface area (Å²) in [7, 11) is 0. The number of hydrogen-bond acceptors (Lipinski definition) is 21. The molecule has 0 aromatic heterocycles. The fourth-order valence-electron chi connectivity index (χ4n) is 9.07. The lowest BCUT2D eigenvalue weighted by atomic mass is 10.0. The van der Waals surface area contributed by atoms with E-state index in [-0.39, 0.29) is 62.6 Å². The van der Waals surface area contributed by atoms with Crippen molar-refractivity contribution in [2.45, 2.75) is 48.8 Å². The van der Waals surface area contributed by atoms with E-state index in [1.807, 2.05) is 0 Å². The van der Waals surface area contributed by atoms with Crippen LogP contribution in [0.25, 0.3) is 0 Å². The van der Waals surface area contributed by atoms with Crippen LogP contribution in [0.1, 0.15) is 93.2 Å². The molecule has 9 rings (SSSR count). The van der Waals surface area contributed by atoms with E-state index in [0.717, 1.165) is 0 Å². The van der Waals surface area contributed by atoms with Crippen LogP contribution in [0.5, 0.6) is 0 Å². The van der Waals surface area contributed by atoms with E-state index in [1.165, 1.54) is 109 Å². The highest BCUT2D eigenvalue weighted by atomic mass is 16.7. The second-order valence-corrected chi connectivity index (χ2v) is 20.5. The first-order valence-corrected chi connectivity index (χ1v) is 29.6. The second kappa shape index (κ2) is 35.9. The summed E-state index contributed by atoms with van der Waals surface area (Å²) in [5.41, 5.74) is 0.695. The number of hydrogen-bond donors (Lipinski definition) is 1. The molecule has 21 heteroatoms. The number of aliphatic hydroxyl groups excluding tert-OH is 1. The van der Waals surface area contributed by atoms with Crippen LogP contribution in [0.4, 0.5) is 0 Å². The Morgan fingerprint density at radius 2 is 0.438 bits per heavy atom. The fraction of sp³-hybridized carbons (Fsp3) is 0.133. The molecule has 486 valence electrons. The van der Waals surface area contributed by atoms with Gasteiger partial charge in [0, 0.05) is 0 Å². The number of aldehydes is 2. The Hall–Kier alpha value is -12.5. The maximum atomic E-state index is 13.7. The Bertz CT molecular complexity index is 4020. The molecule has 8 atom stereocenters. The van der Waals surface area contributed by atoms with Crippen molar-refractivity contribution in [1.29, 1.82) is 0 Å². The molecule has 0 aliphatic rings. The van der Waals surface area contributed by atoms with Gasteiger partial charge in [0.1, 0.15) is 6.61 Å². The molecule has 9 aromatic rings. The topological polar surface area (TPSA) is 291 Å². The molecule has 21 nitrogen and oxygen atoms in total. The Kier molecular flexibility index (Phi) is 26.0. The maximum absolute atomic E-state index is 13.7. The monoisotopic (exact) mass is 1300 g/mol. The minimum atomic E-state index is -1.95. The molecular formula is C75H60O21. The van der Waals surface area contributed by atoms with E-state index in [1.54, 1.807) is 164 Å². The smallest absolute Gasteiger partial charge is 0.338 e. The summed E-state index contributed by atoms with van der Waals surface area (Å²) in [5, 5.41) is 10.4. The summed E-state index contributed by atoms with van der Waals surface area (Å²) >= 11 is 0. The lowest BCUT2D eigenvalue weighted by Crippen LogP contribution is -2.54. The average molecular weight is 1300 g/mol. The van der Waals surface area contributed by atoms with Crippen molar-refractivity contribution >= 4 is 66.3 Å². The van der Waals surface area contributed by atoms with Crippen LogP contribution < -0.4 is 0 Å². The van der Waals surface area contributed by atoms with Crippen molar-refractivity contribution in [1.82, 2.24) is 0 Å². The Balaban J connectivity index is 0.000000249. The molecule has 0 fully saturated rings. The van der Waals surface area contributed by atoms with Crippen molar-refractivity contribution in [2.24, 2.45) is 0 Å². The van der Waals surface area contributed by atoms with Gasteiger partial charge >= 0.3 is 53.7 Å². The number of ether oxygens (including phenoxy) is 9. The first-order chi connectivity index (χ1) is 46.7. The van der Waals surface area contributed by atoms with Crippen molar-refractivity contribution < 1.29 is 100 Å². The van der Waals surface area contributed by atoms with Crippen LogP contribution in [0, 0.1) is 0 Å². The van der Waals surface area contributed by atoms with Gasteiger partial charge in [0.05, 0.1) is 56.7 Å². The molecule has 1 N–H and O–H groups in total. The van der Waals surface area contributed by atoms with Gasteiger partial charge in [-0.3, -0.25) is 9.59 Å². The normalized spacial score (nSPS) is 13.1. The Labute approximate surface area is 549 Å². The molecule has 0 radical (unpaired) electrons. The van der Waals surface area contributed by atoms with Crippen molar-refractivity contribution in [3.63, 3.8) is 0 Å². The zero-order valence-corrected chi connectivity index (χ0v) is 50.8. The van der Waals surface area contributed by atoms with Gasteiger partial charge < -0.3 is 47.7 Å². The zero-order valence-electron chi connectivity index (χ0n) is 50.8. The standard InChI is InChI=1S/C41H32O11.C34H28O10/c42-26-33(49-38(44)29-18-8-2-9-19-29)35(51-40(46)31-22-12-4-13-23-31)36(52-41(47)32-24-14-5-15-25-32)34(50-39(45)30-20-10-3-11-21-30)27-48-37(43)28-16-6-1-7-17-28;35-21-27(41-31(37)23-13-5-1-6-14-23)29(43-33(39)25-17-9-3-10-18-25)30(44-34(40)26-19-11-4-12-20-26)28(22-36)42-32(38)24-15-7-2-8-16-24/h1-26,33-36H,27H2;1-21,27-30,36H,22H2/t33-,34+,35+,36+;27-,28+,29+,30+/m00/s1. The molecule has 0 bridgehead atoms. The lowest BCUT2D eigenvalue weighted by Gasteiger charge is -2.34. The molecule has 0 aliphatic heterocycles. The molecule has 0 saturated heterocycles. The quantitative estimate of drug-likeness (QED) is 0.0271. The summed E-state index contributed by atoms with van der Waals surface area (Å²) in [4.78, 5) is 145. The van der Waals surface area contributed by atoms with Crippen molar-refractivity contribution in [3.8, 4) is 0 Å². The minimum Gasteiger partial charge on any atom is -0.458 e. The second-order valence-electron chi connectivity index (χ2n) is 20.5. The van der Waals surface area contributed by atoms with Crippen LogP contribution in [0.2, 0.25) is 0 Å². The zero-order chi connectivity index (χ0) is 68.0. The van der Waals surface area contributed by atoms with Gasteiger partial charge in [-0.2, -0.15) is 0 Å². The predicted octanol–water partition coefficient (Wildman–Crippen LogP) is 10.0. The summed E-state index contributed by atoms with van der Waals surface area (Å²) in [6, 6.07) is 69.7. The van der Waals surface area contributed by atoms with Gasteiger partial charge in [-0.05, 0) is 109 Å². The number of esters is 9. The summed E-state index contributed by atoms with van der Waals surface area (Å²) < 4.78 is 51.0. The fourth-order valence-corrected chi connectivity index (χ4v) is 9.07. The van der Waals surface area contributed by atoms with Crippen LogP contribution >= 0.6 is 0 Å². The summed E-state index contributed by atoms with van der Waals surface area (Å²) in [6.45, 7) is -1.68. The van der Waals surface area contributed by atoms with Crippen LogP contribution in [-0.4, -0.2) is 133 Å². The SMILES string of the molecule is O=C[C@H](OC(=O)c1ccccc1)[C@@H](OC(=O)c1ccccc1)[C@H](OC(=O)c1ccccc1)[C@@H](CO)OC(=O)c1ccccc1.O=C[C@H](OC(=O)c1ccccc1)[C@@H](OC(=O)c1ccccc1)[C@H](OC(=O)c1ccccc1)[C@@H](COC(=O)c1ccccc1)OC(=O)c1ccccc1. The van der Waals surface area contributed by atoms with Gasteiger partial charge in [0.25, 0.3) is 0 Å². The third kappa shape index (κ3) is 20.0. The number of carbonyl (C=O) groups is 11. The highest BCUT2D eigenvalue weighted by molar-refractivity contribution is 5.95. The minimum absolute atomic E-state index is 0.0352. The molecular weight excluding hydrogens is 1240 g/mol. The molecule has 0 saturated carbocycles. The first kappa shape index (κ1) is 69.4.